The van der Waals surface area contributed by atoms with Crippen LogP contribution in [0.2, 0.25) is 0 Å². The fourth-order valence-electron chi connectivity index (χ4n) is 4.74. The molecule has 0 N–H and O–H groups in total. The van der Waals surface area contributed by atoms with Gasteiger partial charge in [-0.05, 0) is 43.5 Å². The molecule has 152 valence electrons. The molecule has 2 aliphatic heterocycles. The molecule has 3 rings (SSSR count). The second kappa shape index (κ2) is 9.97. The van der Waals surface area contributed by atoms with Crippen LogP contribution in [0.1, 0.15) is 39.3 Å². The first-order chi connectivity index (χ1) is 13.1. The standard InChI is InChI=1S/C22H38N4O/c1-4-26-11-7-9-21(26)17-25(16-20-8-5-6-10-23-20)19-22(2,3)18-24-12-14-27-15-13-24/h5-6,8,10,21H,4,7,9,11-19H2,1-3H3/t21-/m0/s1. The van der Waals surface area contributed by atoms with Crippen molar-refractivity contribution in [2.24, 2.45) is 5.41 Å². The summed E-state index contributed by atoms with van der Waals surface area (Å²) in [6.45, 7) is 17.8. The zero-order chi connectivity index (χ0) is 19.1. The summed E-state index contributed by atoms with van der Waals surface area (Å²) < 4.78 is 5.52. The fourth-order valence-corrected chi connectivity index (χ4v) is 4.74. The highest BCUT2D eigenvalue weighted by atomic mass is 16.5. The molecule has 0 bridgehead atoms. The van der Waals surface area contributed by atoms with Gasteiger partial charge in [-0.1, -0.05) is 26.8 Å². The SMILES string of the molecule is CCN1CCC[C@H]1CN(Cc1ccccn1)CC(C)(C)CN1CCOCC1. The van der Waals surface area contributed by atoms with Crippen LogP contribution in [0.5, 0.6) is 0 Å². The normalized spacial score (nSPS) is 22.6. The first kappa shape index (κ1) is 20.7. The lowest BCUT2D eigenvalue weighted by atomic mass is 9.91. The number of pyridine rings is 1. The van der Waals surface area contributed by atoms with E-state index in [2.05, 4.69) is 52.6 Å². The second-order valence-electron chi connectivity index (χ2n) is 8.97. The topological polar surface area (TPSA) is 31.8 Å². The van der Waals surface area contributed by atoms with Gasteiger partial charge in [-0.25, -0.2) is 0 Å². The van der Waals surface area contributed by atoms with Crippen molar-refractivity contribution in [2.45, 2.75) is 46.2 Å². The predicted octanol–water partition coefficient (Wildman–Crippen LogP) is 2.73. The lowest BCUT2D eigenvalue weighted by Crippen LogP contribution is -2.48. The number of rotatable bonds is 9. The molecule has 1 aromatic heterocycles. The fraction of sp³-hybridized carbons (Fsp3) is 0.773. The summed E-state index contributed by atoms with van der Waals surface area (Å²) >= 11 is 0. The van der Waals surface area contributed by atoms with Crippen LogP contribution in [0, 0.1) is 5.41 Å². The molecular weight excluding hydrogens is 336 g/mol. The Hall–Kier alpha value is -1.01. The molecule has 0 spiro atoms. The van der Waals surface area contributed by atoms with Crippen molar-refractivity contribution < 1.29 is 4.74 Å². The third-order valence-corrected chi connectivity index (χ3v) is 5.89. The van der Waals surface area contributed by atoms with E-state index < -0.39 is 0 Å². The molecule has 0 aliphatic carbocycles. The molecule has 3 heterocycles. The number of ether oxygens (including phenoxy) is 1. The third kappa shape index (κ3) is 6.53. The summed E-state index contributed by atoms with van der Waals surface area (Å²) in [5.41, 5.74) is 1.43. The minimum Gasteiger partial charge on any atom is -0.379 e. The van der Waals surface area contributed by atoms with Crippen molar-refractivity contribution >= 4 is 0 Å². The van der Waals surface area contributed by atoms with Crippen molar-refractivity contribution in [3.05, 3.63) is 30.1 Å². The Kier molecular flexibility index (Phi) is 7.65. The van der Waals surface area contributed by atoms with Crippen LogP contribution in [0.15, 0.2) is 24.4 Å². The summed E-state index contributed by atoms with van der Waals surface area (Å²) in [7, 11) is 0. The maximum absolute atomic E-state index is 5.52. The molecular formula is C22H38N4O. The Bertz CT molecular complexity index is 545. The third-order valence-electron chi connectivity index (χ3n) is 5.89. The summed E-state index contributed by atoms with van der Waals surface area (Å²) in [5.74, 6) is 0. The van der Waals surface area contributed by atoms with Crippen LogP contribution in [-0.2, 0) is 11.3 Å². The molecule has 0 saturated carbocycles. The van der Waals surface area contributed by atoms with Gasteiger partial charge < -0.3 is 4.74 Å². The first-order valence-electron chi connectivity index (χ1n) is 10.7. The van der Waals surface area contributed by atoms with Gasteiger partial charge in [-0.2, -0.15) is 0 Å². The number of hydrogen-bond acceptors (Lipinski definition) is 5. The van der Waals surface area contributed by atoms with Gasteiger partial charge in [0, 0.05) is 51.5 Å². The van der Waals surface area contributed by atoms with E-state index in [0.29, 0.717) is 6.04 Å². The van der Waals surface area contributed by atoms with Crippen molar-refractivity contribution in [3.63, 3.8) is 0 Å². The highest BCUT2D eigenvalue weighted by Crippen LogP contribution is 2.24. The highest BCUT2D eigenvalue weighted by Gasteiger charge is 2.30. The van der Waals surface area contributed by atoms with Crippen molar-refractivity contribution in [2.75, 3.05) is 59.0 Å². The van der Waals surface area contributed by atoms with Crippen LogP contribution in [0.4, 0.5) is 0 Å². The minimum absolute atomic E-state index is 0.252. The lowest BCUT2D eigenvalue weighted by molar-refractivity contribution is 0.0128. The number of likely N-dealkylation sites (N-methyl/N-ethyl adjacent to an activating group) is 1. The average molecular weight is 375 g/mol. The quantitative estimate of drug-likeness (QED) is 0.663. The number of hydrogen-bond donors (Lipinski definition) is 0. The molecule has 0 radical (unpaired) electrons. The molecule has 27 heavy (non-hydrogen) atoms. The first-order valence-corrected chi connectivity index (χ1v) is 10.7. The Morgan fingerprint density at radius 1 is 1.22 bits per heavy atom. The van der Waals surface area contributed by atoms with Gasteiger partial charge in [0.25, 0.3) is 0 Å². The molecule has 2 aliphatic rings. The predicted molar refractivity (Wildman–Crippen MR) is 111 cm³/mol. The molecule has 5 nitrogen and oxygen atoms in total. The van der Waals surface area contributed by atoms with E-state index in [9.17, 15) is 0 Å². The summed E-state index contributed by atoms with van der Waals surface area (Å²) in [6.07, 6.45) is 4.59. The smallest absolute Gasteiger partial charge is 0.0594 e. The number of nitrogens with zero attached hydrogens (tertiary/aromatic N) is 4. The minimum atomic E-state index is 0.252. The largest absolute Gasteiger partial charge is 0.379 e. The Morgan fingerprint density at radius 3 is 2.74 bits per heavy atom. The number of aromatic nitrogens is 1. The van der Waals surface area contributed by atoms with E-state index in [-0.39, 0.29) is 5.41 Å². The maximum Gasteiger partial charge on any atom is 0.0594 e. The van der Waals surface area contributed by atoms with Crippen molar-refractivity contribution in [1.29, 1.82) is 0 Å². The van der Waals surface area contributed by atoms with E-state index >= 15 is 0 Å². The second-order valence-corrected chi connectivity index (χ2v) is 8.97. The van der Waals surface area contributed by atoms with Gasteiger partial charge in [-0.15, -0.1) is 0 Å². The molecule has 5 heteroatoms. The van der Waals surface area contributed by atoms with Gasteiger partial charge in [0.15, 0.2) is 0 Å². The lowest BCUT2D eigenvalue weighted by Gasteiger charge is -2.39. The summed E-state index contributed by atoms with van der Waals surface area (Å²) in [4.78, 5) is 12.5. The molecule has 2 fully saturated rings. The molecule has 0 aromatic carbocycles. The molecule has 2 saturated heterocycles. The molecule has 0 unspecified atom stereocenters. The van der Waals surface area contributed by atoms with Gasteiger partial charge in [-0.3, -0.25) is 19.7 Å². The maximum atomic E-state index is 5.52. The zero-order valence-electron chi connectivity index (χ0n) is 17.6. The summed E-state index contributed by atoms with van der Waals surface area (Å²) in [5, 5.41) is 0. The number of morpholine rings is 1. The Morgan fingerprint density at radius 2 is 2.04 bits per heavy atom. The van der Waals surface area contributed by atoms with Gasteiger partial charge in [0.2, 0.25) is 0 Å². The van der Waals surface area contributed by atoms with Crippen molar-refractivity contribution in [1.82, 2.24) is 19.7 Å². The Labute approximate surface area is 165 Å². The van der Waals surface area contributed by atoms with E-state index in [1.165, 1.54) is 31.6 Å². The van der Waals surface area contributed by atoms with Crippen LogP contribution in [0.25, 0.3) is 0 Å². The zero-order valence-corrected chi connectivity index (χ0v) is 17.6. The van der Waals surface area contributed by atoms with E-state index in [0.717, 1.165) is 52.5 Å². The van der Waals surface area contributed by atoms with Crippen LogP contribution < -0.4 is 0 Å². The van der Waals surface area contributed by atoms with E-state index in [4.69, 9.17) is 4.74 Å². The van der Waals surface area contributed by atoms with E-state index in [1.54, 1.807) is 0 Å². The van der Waals surface area contributed by atoms with Crippen LogP contribution >= 0.6 is 0 Å². The molecule has 1 atom stereocenters. The highest BCUT2D eigenvalue weighted by molar-refractivity contribution is 5.03. The van der Waals surface area contributed by atoms with Gasteiger partial charge >= 0.3 is 0 Å². The summed E-state index contributed by atoms with van der Waals surface area (Å²) in [6, 6.07) is 6.96. The van der Waals surface area contributed by atoms with Crippen molar-refractivity contribution in [3.8, 4) is 0 Å². The molecule has 1 aromatic rings. The monoisotopic (exact) mass is 374 g/mol. The molecule has 0 amide bonds. The van der Waals surface area contributed by atoms with Gasteiger partial charge in [0.05, 0.1) is 18.9 Å². The van der Waals surface area contributed by atoms with Gasteiger partial charge in [0.1, 0.15) is 0 Å². The number of likely N-dealkylation sites (tertiary alicyclic amines) is 1. The Balaban J connectivity index is 1.64. The van der Waals surface area contributed by atoms with E-state index in [1.807, 2.05) is 12.3 Å². The van der Waals surface area contributed by atoms with Crippen LogP contribution in [-0.4, -0.2) is 84.8 Å². The average Bonchev–Trinajstić information content (AvgIpc) is 3.09. The van der Waals surface area contributed by atoms with Crippen LogP contribution in [0.3, 0.4) is 0 Å².